The Balaban J connectivity index is 2.75. The fourth-order valence-corrected chi connectivity index (χ4v) is 1.75. The number of methoxy groups -OCH3 is 1. The molecule has 0 heterocycles. The van der Waals surface area contributed by atoms with Gasteiger partial charge in [-0.2, -0.15) is 0 Å². The van der Waals surface area contributed by atoms with E-state index in [-0.39, 0.29) is 12.2 Å². The lowest BCUT2D eigenvalue weighted by atomic mass is 10.1. The van der Waals surface area contributed by atoms with E-state index in [1.807, 2.05) is 44.1 Å². The van der Waals surface area contributed by atoms with Crippen molar-refractivity contribution in [3.05, 3.63) is 35.4 Å². The number of ketones is 1. The van der Waals surface area contributed by atoms with Crippen LogP contribution in [0.3, 0.4) is 0 Å². The third-order valence-corrected chi connectivity index (χ3v) is 2.71. The predicted octanol–water partition coefficient (Wildman–Crippen LogP) is 2.21. The molecule has 0 spiro atoms. The Morgan fingerprint density at radius 3 is 2.53 bits per heavy atom. The molecule has 0 amide bonds. The lowest BCUT2D eigenvalue weighted by Gasteiger charge is -2.15. The molecule has 0 atom stereocenters. The zero-order chi connectivity index (χ0) is 14.4. The smallest absolute Gasteiger partial charge is 0.313 e. The second-order valence-electron chi connectivity index (χ2n) is 4.49. The van der Waals surface area contributed by atoms with Crippen molar-refractivity contribution in [2.24, 2.45) is 0 Å². The highest BCUT2D eigenvalue weighted by molar-refractivity contribution is 6.03. The zero-order valence-corrected chi connectivity index (χ0v) is 11.8. The lowest BCUT2D eigenvalue weighted by molar-refractivity contribution is -0.142. The molecule has 19 heavy (non-hydrogen) atoms. The average molecular weight is 261 g/mol. The fraction of sp³-hybridized carbons (Fsp3) is 0.333. The molecule has 1 rings (SSSR count). The minimum Gasteiger partial charge on any atom is -0.469 e. The number of carbonyl (C=O) groups excluding carboxylic acids is 2. The number of rotatable bonds is 5. The van der Waals surface area contributed by atoms with Gasteiger partial charge in [-0.05, 0) is 36.3 Å². The number of carbonyl (C=O) groups is 2. The second kappa shape index (κ2) is 6.73. The maximum atomic E-state index is 11.4. The van der Waals surface area contributed by atoms with E-state index in [0.717, 1.165) is 16.8 Å². The number of anilines is 1. The van der Waals surface area contributed by atoms with E-state index in [9.17, 15) is 9.59 Å². The third-order valence-electron chi connectivity index (χ3n) is 2.71. The number of aryl methyl sites for hydroxylation is 1. The molecule has 0 saturated heterocycles. The van der Waals surface area contributed by atoms with Gasteiger partial charge in [0.2, 0.25) is 0 Å². The Labute approximate surface area is 113 Å². The van der Waals surface area contributed by atoms with Gasteiger partial charge in [0.05, 0.1) is 7.11 Å². The van der Waals surface area contributed by atoms with Gasteiger partial charge in [0, 0.05) is 19.8 Å². The maximum Gasteiger partial charge on any atom is 0.313 e. The number of benzene rings is 1. The minimum atomic E-state index is -0.520. The molecule has 0 unspecified atom stereocenters. The van der Waals surface area contributed by atoms with Crippen LogP contribution in [0.4, 0.5) is 5.69 Å². The average Bonchev–Trinajstić information content (AvgIpc) is 2.35. The summed E-state index contributed by atoms with van der Waals surface area (Å²) < 4.78 is 4.43. The van der Waals surface area contributed by atoms with Crippen LogP contribution in [0.1, 0.15) is 17.5 Å². The molecule has 1 aromatic rings. The molecule has 0 aliphatic carbocycles. The molecule has 1 aromatic carbocycles. The van der Waals surface area contributed by atoms with Crippen LogP contribution < -0.4 is 4.90 Å². The molecule has 0 radical (unpaired) electrons. The summed E-state index contributed by atoms with van der Waals surface area (Å²) in [6.07, 6.45) is 2.89. The van der Waals surface area contributed by atoms with E-state index in [0.29, 0.717) is 0 Å². The Morgan fingerprint density at radius 1 is 1.32 bits per heavy atom. The third kappa shape index (κ3) is 4.58. The SMILES string of the molecule is COC(=O)CC(=O)/C=C/c1ccc(N(C)C)c(C)c1. The van der Waals surface area contributed by atoms with Crippen molar-refractivity contribution < 1.29 is 14.3 Å². The summed E-state index contributed by atoms with van der Waals surface area (Å²) in [6.45, 7) is 2.02. The maximum absolute atomic E-state index is 11.4. The van der Waals surface area contributed by atoms with E-state index >= 15 is 0 Å². The van der Waals surface area contributed by atoms with Crippen LogP contribution >= 0.6 is 0 Å². The van der Waals surface area contributed by atoms with Crippen molar-refractivity contribution in [1.82, 2.24) is 0 Å². The summed E-state index contributed by atoms with van der Waals surface area (Å²) in [4.78, 5) is 24.4. The van der Waals surface area contributed by atoms with Crippen molar-refractivity contribution in [1.29, 1.82) is 0 Å². The van der Waals surface area contributed by atoms with Crippen molar-refractivity contribution in [2.75, 3.05) is 26.1 Å². The van der Waals surface area contributed by atoms with Crippen molar-refractivity contribution in [2.45, 2.75) is 13.3 Å². The first-order valence-corrected chi connectivity index (χ1v) is 5.99. The highest BCUT2D eigenvalue weighted by Crippen LogP contribution is 2.19. The first-order chi connectivity index (χ1) is 8.93. The first-order valence-electron chi connectivity index (χ1n) is 5.99. The van der Waals surface area contributed by atoms with Gasteiger partial charge in [0.1, 0.15) is 6.42 Å². The predicted molar refractivity (Wildman–Crippen MR) is 76.2 cm³/mol. The van der Waals surface area contributed by atoms with Gasteiger partial charge in [0.15, 0.2) is 5.78 Å². The van der Waals surface area contributed by atoms with Crippen LogP contribution in [0.2, 0.25) is 0 Å². The van der Waals surface area contributed by atoms with Gasteiger partial charge in [-0.3, -0.25) is 9.59 Å². The second-order valence-corrected chi connectivity index (χ2v) is 4.49. The van der Waals surface area contributed by atoms with Crippen LogP contribution in [0, 0.1) is 6.92 Å². The van der Waals surface area contributed by atoms with Crippen LogP contribution in [0.25, 0.3) is 6.08 Å². The molecular weight excluding hydrogens is 242 g/mol. The molecule has 0 N–H and O–H groups in total. The van der Waals surface area contributed by atoms with E-state index < -0.39 is 5.97 Å². The molecule has 4 heteroatoms. The molecule has 0 bridgehead atoms. The Hall–Kier alpha value is -2.10. The normalized spacial score (nSPS) is 10.5. The first kappa shape index (κ1) is 15.0. The number of esters is 1. The van der Waals surface area contributed by atoms with E-state index in [1.165, 1.54) is 13.2 Å². The Morgan fingerprint density at radius 2 is 2.00 bits per heavy atom. The molecular formula is C15H19NO3. The van der Waals surface area contributed by atoms with Crippen LogP contribution in [-0.4, -0.2) is 33.0 Å². The number of hydrogen-bond donors (Lipinski definition) is 0. The molecule has 0 aliphatic rings. The van der Waals surface area contributed by atoms with Gasteiger partial charge in [0.25, 0.3) is 0 Å². The molecule has 102 valence electrons. The minimum absolute atomic E-state index is 0.220. The highest BCUT2D eigenvalue weighted by Gasteiger charge is 2.06. The Bertz CT molecular complexity index is 504. The van der Waals surface area contributed by atoms with Gasteiger partial charge in [-0.25, -0.2) is 0 Å². The molecule has 4 nitrogen and oxygen atoms in total. The summed E-state index contributed by atoms with van der Waals surface area (Å²) in [7, 11) is 5.23. The number of nitrogens with zero attached hydrogens (tertiary/aromatic N) is 1. The fourth-order valence-electron chi connectivity index (χ4n) is 1.75. The largest absolute Gasteiger partial charge is 0.469 e. The monoisotopic (exact) mass is 261 g/mol. The summed E-state index contributed by atoms with van der Waals surface area (Å²) in [6, 6.07) is 5.93. The summed E-state index contributed by atoms with van der Waals surface area (Å²) in [5, 5.41) is 0. The quantitative estimate of drug-likeness (QED) is 0.463. The van der Waals surface area contributed by atoms with Gasteiger partial charge < -0.3 is 9.64 Å². The molecule has 0 aliphatic heterocycles. The van der Waals surface area contributed by atoms with E-state index in [2.05, 4.69) is 4.74 Å². The van der Waals surface area contributed by atoms with Crippen molar-refractivity contribution in [3.63, 3.8) is 0 Å². The van der Waals surface area contributed by atoms with E-state index in [1.54, 1.807) is 6.08 Å². The number of allylic oxidation sites excluding steroid dienone is 1. The van der Waals surface area contributed by atoms with E-state index in [4.69, 9.17) is 0 Å². The standard InChI is InChI=1S/C15H19NO3/c1-11-9-12(6-8-14(11)16(2)3)5-7-13(17)10-15(18)19-4/h5-9H,10H2,1-4H3/b7-5+. The van der Waals surface area contributed by atoms with Gasteiger partial charge >= 0.3 is 5.97 Å². The topological polar surface area (TPSA) is 46.6 Å². The van der Waals surface area contributed by atoms with Crippen molar-refractivity contribution in [3.8, 4) is 0 Å². The summed E-state index contributed by atoms with van der Waals surface area (Å²) >= 11 is 0. The van der Waals surface area contributed by atoms with Crippen LogP contribution in [-0.2, 0) is 14.3 Å². The summed E-state index contributed by atoms with van der Waals surface area (Å²) in [5.74, 6) is -0.782. The highest BCUT2D eigenvalue weighted by atomic mass is 16.5. The summed E-state index contributed by atoms with van der Waals surface area (Å²) in [5.41, 5.74) is 3.20. The molecule has 0 aromatic heterocycles. The molecule has 0 saturated carbocycles. The van der Waals surface area contributed by atoms with Crippen LogP contribution in [0.15, 0.2) is 24.3 Å². The lowest BCUT2D eigenvalue weighted by Crippen LogP contribution is -2.10. The zero-order valence-electron chi connectivity index (χ0n) is 11.8. The van der Waals surface area contributed by atoms with Crippen LogP contribution in [0.5, 0.6) is 0 Å². The number of hydrogen-bond acceptors (Lipinski definition) is 4. The Kier molecular flexibility index (Phi) is 5.30. The molecule has 0 fully saturated rings. The van der Waals surface area contributed by atoms with Gasteiger partial charge in [-0.15, -0.1) is 0 Å². The van der Waals surface area contributed by atoms with Gasteiger partial charge in [-0.1, -0.05) is 12.1 Å². The number of ether oxygens (including phenoxy) is 1. The van der Waals surface area contributed by atoms with Crippen molar-refractivity contribution >= 4 is 23.5 Å².